The fourth-order valence-corrected chi connectivity index (χ4v) is 5.04. The fourth-order valence-electron chi connectivity index (χ4n) is 5.04. The average molecular weight is 343 g/mol. The van der Waals surface area contributed by atoms with Gasteiger partial charge in [-0.3, -0.25) is 4.90 Å². The minimum atomic E-state index is 0.0296. The maximum Gasteiger partial charge on any atom is 0.317 e. The van der Waals surface area contributed by atoms with E-state index in [0.717, 1.165) is 55.2 Å². The number of nitrogens with zero attached hydrogens (tertiary/aromatic N) is 2. The summed E-state index contributed by atoms with van der Waals surface area (Å²) in [5, 5.41) is 12.2. The Kier molecular flexibility index (Phi) is 4.95. The van der Waals surface area contributed by atoms with Crippen molar-refractivity contribution in [3.8, 4) is 0 Å². The SMILES string of the molecule is O=C(NCc1cccc(CO)c1)N1CCN(C2CC3CCC2C3)CC1. The lowest BCUT2D eigenvalue weighted by Crippen LogP contribution is -2.55. The molecule has 2 amide bonds. The molecule has 1 aromatic rings. The van der Waals surface area contributed by atoms with E-state index < -0.39 is 0 Å². The van der Waals surface area contributed by atoms with Crippen LogP contribution in [-0.4, -0.2) is 53.2 Å². The molecule has 25 heavy (non-hydrogen) atoms. The van der Waals surface area contributed by atoms with Crippen molar-refractivity contribution in [2.24, 2.45) is 11.8 Å². The number of aliphatic hydroxyl groups excluding tert-OH is 1. The van der Waals surface area contributed by atoms with E-state index >= 15 is 0 Å². The van der Waals surface area contributed by atoms with Gasteiger partial charge in [0, 0.05) is 38.8 Å². The van der Waals surface area contributed by atoms with E-state index in [4.69, 9.17) is 0 Å². The number of carbonyl (C=O) groups is 1. The van der Waals surface area contributed by atoms with Gasteiger partial charge in [-0.2, -0.15) is 0 Å². The third kappa shape index (κ3) is 3.67. The molecule has 2 N–H and O–H groups in total. The molecule has 2 bridgehead atoms. The van der Waals surface area contributed by atoms with Crippen LogP contribution in [-0.2, 0) is 13.2 Å². The van der Waals surface area contributed by atoms with Crippen LogP contribution in [0.1, 0.15) is 36.8 Å². The molecule has 1 aromatic carbocycles. The quantitative estimate of drug-likeness (QED) is 0.881. The van der Waals surface area contributed by atoms with E-state index in [0.29, 0.717) is 6.54 Å². The molecule has 0 radical (unpaired) electrons. The molecule has 136 valence electrons. The van der Waals surface area contributed by atoms with Crippen LogP contribution in [0.3, 0.4) is 0 Å². The van der Waals surface area contributed by atoms with Gasteiger partial charge in [-0.25, -0.2) is 4.79 Å². The molecule has 5 heteroatoms. The van der Waals surface area contributed by atoms with Gasteiger partial charge in [0.05, 0.1) is 6.61 Å². The zero-order chi connectivity index (χ0) is 17.2. The summed E-state index contributed by atoms with van der Waals surface area (Å²) in [6.07, 6.45) is 5.69. The minimum absolute atomic E-state index is 0.0296. The first-order valence-electron chi connectivity index (χ1n) is 9.68. The Labute approximate surface area is 150 Å². The van der Waals surface area contributed by atoms with E-state index in [9.17, 15) is 9.90 Å². The second-order valence-corrected chi connectivity index (χ2v) is 7.90. The van der Waals surface area contributed by atoms with Crippen molar-refractivity contribution in [1.29, 1.82) is 0 Å². The number of carbonyl (C=O) groups excluding carboxylic acids is 1. The number of fused-ring (bicyclic) bond motifs is 2. The molecule has 0 aromatic heterocycles. The summed E-state index contributed by atoms with van der Waals surface area (Å²) in [7, 11) is 0. The topological polar surface area (TPSA) is 55.8 Å². The van der Waals surface area contributed by atoms with Crippen molar-refractivity contribution in [1.82, 2.24) is 15.1 Å². The Balaban J connectivity index is 1.24. The van der Waals surface area contributed by atoms with Crippen LogP contribution in [0.5, 0.6) is 0 Å². The lowest BCUT2D eigenvalue weighted by atomic mass is 9.93. The zero-order valence-corrected chi connectivity index (χ0v) is 14.9. The number of rotatable bonds is 4. The molecule has 1 saturated heterocycles. The smallest absolute Gasteiger partial charge is 0.317 e. The van der Waals surface area contributed by atoms with Gasteiger partial charge < -0.3 is 15.3 Å². The van der Waals surface area contributed by atoms with Crippen LogP contribution in [0.2, 0.25) is 0 Å². The molecule has 5 nitrogen and oxygen atoms in total. The van der Waals surface area contributed by atoms with Crippen molar-refractivity contribution in [2.45, 2.75) is 44.9 Å². The van der Waals surface area contributed by atoms with Crippen molar-refractivity contribution in [3.63, 3.8) is 0 Å². The molecule has 3 aliphatic rings. The van der Waals surface area contributed by atoms with Crippen LogP contribution in [0.4, 0.5) is 4.79 Å². The molecule has 3 fully saturated rings. The first-order chi connectivity index (χ1) is 12.2. The predicted molar refractivity (Wildman–Crippen MR) is 97.0 cm³/mol. The number of nitrogens with one attached hydrogen (secondary N) is 1. The standard InChI is InChI=1S/C20H29N3O2/c24-14-17-3-1-2-16(10-17)13-21-20(25)23-8-6-22(7-9-23)19-12-15-4-5-18(19)11-15/h1-3,10,15,18-19,24H,4-9,11-14H2,(H,21,25). The number of amides is 2. The summed E-state index contributed by atoms with van der Waals surface area (Å²) in [4.78, 5) is 17.0. The average Bonchev–Trinajstić information content (AvgIpc) is 3.30. The summed E-state index contributed by atoms with van der Waals surface area (Å²) >= 11 is 0. The molecule has 3 unspecified atom stereocenters. The Morgan fingerprint density at radius 2 is 1.92 bits per heavy atom. The van der Waals surface area contributed by atoms with Gasteiger partial charge in [0.15, 0.2) is 0 Å². The summed E-state index contributed by atoms with van der Waals surface area (Å²) in [6, 6.07) is 8.54. The third-order valence-electron chi connectivity index (χ3n) is 6.39. The van der Waals surface area contributed by atoms with Gasteiger partial charge in [0.1, 0.15) is 0 Å². The van der Waals surface area contributed by atoms with E-state index in [1.807, 2.05) is 29.2 Å². The van der Waals surface area contributed by atoms with Crippen molar-refractivity contribution < 1.29 is 9.90 Å². The molecular weight excluding hydrogens is 314 g/mol. The van der Waals surface area contributed by atoms with Crippen LogP contribution in [0, 0.1) is 11.8 Å². The van der Waals surface area contributed by atoms with Gasteiger partial charge in [-0.1, -0.05) is 30.7 Å². The number of hydrogen-bond acceptors (Lipinski definition) is 3. The van der Waals surface area contributed by atoms with Gasteiger partial charge in [-0.15, -0.1) is 0 Å². The highest BCUT2D eigenvalue weighted by Crippen LogP contribution is 2.46. The maximum atomic E-state index is 12.4. The van der Waals surface area contributed by atoms with Crippen molar-refractivity contribution >= 4 is 6.03 Å². The van der Waals surface area contributed by atoms with Gasteiger partial charge in [0.2, 0.25) is 0 Å². The first kappa shape index (κ1) is 16.9. The highest BCUT2D eigenvalue weighted by molar-refractivity contribution is 5.74. The normalized spacial score (nSPS) is 29.2. The second kappa shape index (κ2) is 7.34. The fraction of sp³-hybridized carbons (Fsp3) is 0.650. The van der Waals surface area contributed by atoms with Gasteiger partial charge in [-0.05, 0) is 42.2 Å². The molecule has 1 heterocycles. The Hall–Kier alpha value is -1.59. The molecular formula is C20H29N3O2. The van der Waals surface area contributed by atoms with Crippen LogP contribution >= 0.6 is 0 Å². The molecule has 1 aliphatic heterocycles. The summed E-state index contributed by atoms with van der Waals surface area (Å²) in [6.45, 7) is 4.24. The molecule has 2 aliphatic carbocycles. The van der Waals surface area contributed by atoms with E-state index in [1.165, 1.54) is 25.7 Å². The summed E-state index contributed by atoms with van der Waals surface area (Å²) in [5.74, 6) is 1.90. The molecule has 4 rings (SSSR count). The Morgan fingerprint density at radius 3 is 2.60 bits per heavy atom. The summed E-state index contributed by atoms with van der Waals surface area (Å²) < 4.78 is 0. The highest BCUT2D eigenvalue weighted by atomic mass is 16.3. The minimum Gasteiger partial charge on any atom is -0.392 e. The molecule has 3 atom stereocenters. The number of hydrogen-bond donors (Lipinski definition) is 2. The maximum absolute atomic E-state index is 12.4. The molecule has 2 saturated carbocycles. The Bertz CT molecular complexity index is 613. The molecule has 0 spiro atoms. The van der Waals surface area contributed by atoms with E-state index in [1.54, 1.807) is 0 Å². The first-order valence-corrected chi connectivity index (χ1v) is 9.68. The second-order valence-electron chi connectivity index (χ2n) is 7.90. The number of aliphatic hydroxyl groups is 1. The number of piperazine rings is 1. The van der Waals surface area contributed by atoms with Gasteiger partial charge >= 0.3 is 6.03 Å². The number of urea groups is 1. The lowest BCUT2D eigenvalue weighted by Gasteiger charge is -2.41. The van der Waals surface area contributed by atoms with Crippen molar-refractivity contribution in [3.05, 3.63) is 35.4 Å². The third-order valence-corrected chi connectivity index (χ3v) is 6.39. The highest BCUT2D eigenvalue weighted by Gasteiger charge is 2.42. The van der Waals surface area contributed by atoms with Crippen LogP contribution in [0.25, 0.3) is 0 Å². The van der Waals surface area contributed by atoms with Gasteiger partial charge in [0.25, 0.3) is 0 Å². The van der Waals surface area contributed by atoms with Crippen molar-refractivity contribution in [2.75, 3.05) is 26.2 Å². The van der Waals surface area contributed by atoms with E-state index in [2.05, 4.69) is 10.2 Å². The van der Waals surface area contributed by atoms with E-state index in [-0.39, 0.29) is 12.6 Å². The van der Waals surface area contributed by atoms with Crippen LogP contribution in [0.15, 0.2) is 24.3 Å². The van der Waals surface area contributed by atoms with Crippen LogP contribution < -0.4 is 5.32 Å². The largest absolute Gasteiger partial charge is 0.392 e. The lowest BCUT2D eigenvalue weighted by molar-refractivity contribution is 0.0826. The predicted octanol–water partition coefficient (Wildman–Crippen LogP) is 2.19. The monoisotopic (exact) mass is 343 g/mol. The number of benzene rings is 1. The Morgan fingerprint density at radius 1 is 1.12 bits per heavy atom. The summed E-state index contributed by atoms with van der Waals surface area (Å²) in [5.41, 5.74) is 1.91. The zero-order valence-electron chi connectivity index (χ0n) is 14.9.